The third-order valence-electron chi connectivity index (χ3n) is 6.04. The van der Waals surface area contributed by atoms with Crippen molar-refractivity contribution in [1.82, 2.24) is 0 Å². The molecule has 6 nitrogen and oxygen atoms in total. The van der Waals surface area contributed by atoms with E-state index in [-0.39, 0.29) is 0 Å². The fourth-order valence-corrected chi connectivity index (χ4v) is 4.28. The molecule has 36 heavy (non-hydrogen) atoms. The van der Waals surface area contributed by atoms with Crippen LogP contribution in [0.15, 0.2) is 72.2 Å². The number of hydrogen-bond acceptors (Lipinski definition) is 6. The minimum Gasteiger partial charge on any atom is -0.493 e. The van der Waals surface area contributed by atoms with E-state index < -0.39 is 0 Å². The molecule has 4 rings (SSSR count). The van der Waals surface area contributed by atoms with E-state index in [0.717, 1.165) is 45.7 Å². The number of rotatable bonds is 10. The summed E-state index contributed by atoms with van der Waals surface area (Å²) in [5.41, 5.74) is 5.82. The highest BCUT2D eigenvalue weighted by atomic mass is 16.5. The molecule has 0 atom stereocenters. The van der Waals surface area contributed by atoms with Crippen LogP contribution in [0.5, 0.6) is 28.7 Å². The topological polar surface area (TPSA) is 58.5 Å². The van der Waals surface area contributed by atoms with E-state index in [1.54, 1.807) is 34.5 Å². The van der Waals surface area contributed by atoms with Gasteiger partial charge in [0.25, 0.3) is 0 Å². The van der Waals surface area contributed by atoms with Gasteiger partial charge in [-0.15, -0.1) is 0 Å². The summed E-state index contributed by atoms with van der Waals surface area (Å²) in [6.45, 7) is 4.85. The predicted octanol–water partition coefficient (Wildman–Crippen LogP) is 5.87. The van der Waals surface area contributed by atoms with Crippen LogP contribution in [-0.2, 0) is 6.42 Å². The van der Waals surface area contributed by atoms with Crippen molar-refractivity contribution in [3.05, 3.63) is 89.5 Å². The average Bonchev–Trinajstić information content (AvgIpc) is 2.93. The molecule has 186 valence electrons. The molecule has 0 saturated carbocycles. The molecule has 0 aliphatic carbocycles. The van der Waals surface area contributed by atoms with Crippen molar-refractivity contribution < 1.29 is 23.7 Å². The lowest BCUT2D eigenvalue weighted by Crippen LogP contribution is -2.15. The van der Waals surface area contributed by atoms with Crippen LogP contribution >= 0.6 is 0 Å². The molecule has 0 amide bonds. The normalized spacial score (nSPS) is 12.8. The zero-order chi connectivity index (χ0) is 25.5. The van der Waals surface area contributed by atoms with Crippen molar-refractivity contribution in [3.63, 3.8) is 0 Å². The zero-order valence-electron chi connectivity index (χ0n) is 21.2. The first-order valence-electron chi connectivity index (χ1n) is 11.7. The number of ether oxygens (including phenoxy) is 5. The third kappa shape index (κ3) is 5.08. The van der Waals surface area contributed by atoms with Crippen LogP contribution in [-0.4, -0.2) is 47.3 Å². The van der Waals surface area contributed by atoms with Gasteiger partial charge in [-0.05, 0) is 54.0 Å². The molecule has 0 spiro atoms. The first-order valence-corrected chi connectivity index (χ1v) is 11.7. The molecule has 0 N–H and O–H groups in total. The van der Waals surface area contributed by atoms with Crippen molar-refractivity contribution in [1.29, 1.82) is 0 Å². The molecule has 0 fully saturated rings. The van der Waals surface area contributed by atoms with E-state index in [1.807, 2.05) is 54.6 Å². The Hall–Kier alpha value is -4.19. The highest BCUT2D eigenvalue weighted by Gasteiger charge is 2.23. The quantitative estimate of drug-likeness (QED) is 0.265. The molecule has 1 aliphatic heterocycles. The Morgan fingerprint density at radius 1 is 0.833 bits per heavy atom. The number of para-hydroxylation sites is 1. The van der Waals surface area contributed by atoms with E-state index in [2.05, 4.69) is 12.7 Å². The number of nitrogens with zero attached hydrogens (tertiary/aromatic N) is 1. The zero-order valence-corrected chi connectivity index (χ0v) is 21.2. The van der Waals surface area contributed by atoms with Gasteiger partial charge in [0.2, 0.25) is 0 Å². The van der Waals surface area contributed by atoms with Gasteiger partial charge in [0.1, 0.15) is 12.4 Å². The third-order valence-corrected chi connectivity index (χ3v) is 6.04. The van der Waals surface area contributed by atoms with Gasteiger partial charge in [0, 0.05) is 23.2 Å². The number of hydrogen-bond donors (Lipinski definition) is 0. The summed E-state index contributed by atoms with van der Waals surface area (Å²) in [6.07, 6.45) is 4.65. The van der Waals surface area contributed by atoms with E-state index in [9.17, 15) is 0 Å². The van der Waals surface area contributed by atoms with E-state index in [4.69, 9.17) is 28.7 Å². The molecule has 6 heteroatoms. The molecule has 3 aromatic carbocycles. The van der Waals surface area contributed by atoms with E-state index in [1.165, 1.54) is 0 Å². The fraction of sp³-hybridized carbons (Fsp3) is 0.233. The van der Waals surface area contributed by atoms with Gasteiger partial charge in [0.05, 0.1) is 34.2 Å². The van der Waals surface area contributed by atoms with Gasteiger partial charge in [-0.25, -0.2) is 0 Å². The van der Waals surface area contributed by atoms with Crippen molar-refractivity contribution in [2.75, 3.05) is 41.6 Å². The number of benzene rings is 3. The Morgan fingerprint density at radius 3 is 2.25 bits per heavy atom. The first kappa shape index (κ1) is 24.9. The van der Waals surface area contributed by atoms with Gasteiger partial charge in [-0.2, -0.15) is 0 Å². The summed E-state index contributed by atoms with van der Waals surface area (Å²) in [5.74, 6) is 3.43. The molecule has 1 aliphatic rings. The molecule has 0 bridgehead atoms. The molecular weight excluding hydrogens is 454 g/mol. The monoisotopic (exact) mass is 485 g/mol. The van der Waals surface area contributed by atoms with Crippen LogP contribution < -0.4 is 23.7 Å². The maximum atomic E-state index is 5.94. The van der Waals surface area contributed by atoms with Crippen molar-refractivity contribution >= 4 is 17.4 Å². The second-order valence-electron chi connectivity index (χ2n) is 8.11. The van der Waals surface area contributed by atoms with Crippen LogP contribution in [0.25, 0.3) is 11.6 Å². The van der Waals surface area contributed by atoms with E-state index >= 15 is 0 Å². The maximum Gasteiger partial charge on any atom is 0.161 e. The van der Waals surface area contributed by atoms with Gasteiger partial charge in [-0.3, -0.25) is 4.99 Å². The van der Waals surface area contributed by atoms with Crippen molar-refractivity contribution in [2.45, 2.75) is 6.42 Å². The van der Waals surface area contributed by atoms with Crippen LogP contribution in [0.1, 0.15) is 22.3 Å². The Bertz CT molecular complexity index is 1310. The van der Waals surface area contributed by atoms with Crippen LogP contribution in [0.3, 0.4) is 0 Å². The Labute approximate surface area is 212 Å². The molecular formula is C30H31NO5. The first-order chi connectivity index (χ1) is 17.6. The lowest BCUT2D eigenvalue weighted by Gasteiger charge is -2.22. The second-order valence-corrected chi connectivity index (χ2v) is 8.11. The van der Waals surface area contributed by atoms with Gasteiger partial charge >= 0.3 is 0 Å². The SMILES string of the molecule is C=CCOc1ccccc1/C=C(/C1=NCCc2cc(OC)c(OC)cc21)c1ccc(OC)c(OC)c1. The number of allylic oxidation sites excluding steroid dienone is 1. The minimum atomic E-state index is 0.414. The molecule has 0 radical (unpaired) electrons. The summed E-state index contributed by atoms with van der Waals surface area (Å²) in [7, 11) is 6.55. The van der Waals surface area contributed by atoms with Gasteiger partial charge < -0.3 is 23.7 Å². The largest absolute Gasteiger partial charge is 0.493 e. The average molecular weight is 486 g/mol. The van der Waals surface area contributed by atoms with Crippen LogP contribution in [0, 0.1) is 0 Å². The summed E-state index contributed by atoms with van der Waals surface area (Å²) in [5, 5.41) is 0. The Kier molecular flexibility index (Phi) is 7.95. The summed E-state index contributed by atoms with van der Waals surface area (Å²) in [6, 6.07) is 17.8. The van der Waals surface area contributed by atoms with Crippen molar-refractivity contribution in [3.8, 4) is 28.7 Å². The summed E-state index contributed by atoms with van der Waals surface area (Å²) >= 11 is 0. The van der Waals surface area contributed by atoms with Crippen LogP contribution in [0.4, 0.5) is 0 Å². The lowest BCUT2D eigenvalue weighted by atomic mass is 9.88. The molecule has 0 aromatic heterocycles. The molecule has 3 aromatic rings. The smallest absolute Gasteiger partial charge is 0.161 e. The summed E-state index contributed by atoms with van der Waals surface area (Å²) < 4.78 is 28.2. The van der Waals surface area contributed by atoms with Gasteiger partial charge in [0.15, 0.2) is 23.0 Å². The number of aliphatic imine (C=N–C) groups is 1. The highest BCUT2D eigenvalue weighted by Crippen LogP contribution is 2.38. The van der Waals surface area contributed by atoms with Crippen molar-refractivity contribution in [2.24, 2.45) is 4.99 Å². The van der Waals surface area contributed by atoms with Crippen LogP contribution in [0.2, 0.25) is 0 Å². The lowest BCUT2D eigenvalue weighted by molar-refractivity contribution is 0.354. The molecule has 1 heterocycles. The molecule has 0 saturated heterocycles. The van der Waals surface area contributed by atoms with E-state index in [0.29, 0.717) is 36.1 Å². The Morgan fingerprint density at radius 2 is 1.53 bits per heavy atom. The predicted molar refractivity (Wildman–Crippen MR) is 144 cm³/mol. The fourth-order valence-electron chi connectivity index (χ4n) is 4.28. The standard InChI is InChI=1S/C30H31NO5/c1-6-15-36-25-10-8-7-9-22(25)16-23(20-11-12-26(32-2)27(17-20)33-3)30-24-19-29(35-5)28(34-4)18-21(24)13-14-31-30/h6-12,16-19H,1,13-15H2,2-5H3/b23-16+. The second kappa shape index (κ2) is 11.5. The number of fused-ring (bicyclic) bond motifs is 1. The Balaban J connectivity index is 1.94. The molecule has 0 unspecified atom stereocenters. The number of methoxy groups -OCH3 is 4. The highest BCUT2D eigenvalue weighted by molar-refractivity contribution is 6.36. The minimum absolute atomic E-state index is 0.414. The summed E-state index contributed by atoms with van der Waals surface area (Å²) in [4.78, 5) is 4.99. The maximum absolute atomic E-state index is 5.94. The van der Waals surface area contributed by atoms with Gasteiger partial charge in [-0.1, -0.05) is 36.9 Å².